The van der Waals surface area contributed by atoms with E-state index in [9.17, 15) is 13.2 Å². The molecule has 108 valence electrons. The highest BCUT2D eigenvalue weighted by molar-refractivity contribution is 7.90. The Hall–Kier alpha value is -1.82. The molecule has 1 heterocycles. The summed E-state index contributed by atoms with van der Waals surface area (Å²) in [5.74, 6) is -0.999. The average Bonchev–Trinajstić information content (AvgIpc) is 2.75. The summed E-state index contributed by atoms with van der Waals surface area (Å²) in [6, 6.07) is 4.81. The predicted octanol–water partition coefficient (Wildman–Crippen LogP) is 2.29. The monoisotopic (exact) mass is 295 g/mol. The molecule has 0 radical (unpaired) electrons. The maximum atomic E-state index is 11.8. The van der Waals surface area contributed by atoms with Gasteiger partial charge in [-0.05, 0) is 30.7 Å². The Labute approximate surface area is 117 Å². The van der Waals surface area contributed by atoms with E-state index in [0.29, 0.717) is 17.5 Å². The lowest BCUT2D eigenvalue weighted by Gasteiger charge is -2.01. The van der Waals surface area contributed by atoms with Gasteiger partial charge in [0.25, 0.3) is 0 Å². The van der Waals surface area contributed by atoms with Gasteiger partial charge in [0, 0.05) is 29.4 Å². The highest BCUT2D eigenvalue weighted by Crippen LogP contribution is 2.25. The number of rotatable bonds is 5. The van der Waals surface area contributed by atoms with Crippen LogP contribution in [0.25, 0.3) is 10.9 Å². The molecule has 1 aromatic carbocycles. The molecule has 2 rings (SSSR count). The molecule has 0 fully saturated rings. The average molecular weight is 295 g/mol. The molecule has 5 nitrogen and oxygen atoms in total. The van der Waals surface area contributed by atoms with E-state index >= 15 is 0 Å². The molecular formula is C14H17NO4S. The third-order valence-electron chi connectivity index (χ3n) is 3.37. The molecule has 0 saturated carbocycles. The first kappa shape index (κ1) is 14.6. The lowest BCUT2D eigenvalue weighted by molar-refractivity contribution is 0.0697. The Kier molecular flexibility index (Phi) is 3.85. The van der Waals surface area contributed by atoms with Gasteiger partial charge in [0.1, 0.15) is 0 Å². The molecule has 0 aliphatic heterocycles. The zero-order valence-corrected chi connectivity index (χ0v) is 12.3. The number of hydrogen-bond donors (Lipinski definition) is 1. The smallest absolute Gasteiger partial charge is 0.335 e. The van der Waals surface area contributed by atoms with Crippen molar-refractivity contribution in [3.63, 3.8) is 0 Å². The van der Waals surface area contributed by atoms with Crippen molar-refractivity contribution in [2.75, 3.05) is 5.75 Å². The van der Waals surface area contributed by atoms with Crippen LogP contribution >= 0.6 is 0 Å². The molecule has 0 saturated heterocycles. The maximum absolute atomic E-state index is 11.8. The fourth-order valence-corrected chi connectivity index (χ4v) is 3.13. The van der Waals surface area contributed by atoms with Crippen molar-refractivity contribution in [3.05, 3.63) is 35.5 Å². The van der Waals surface area contributed by atoms with Gasteiger partial charge in [0.05, 0.1) is 11.3 Å². The minimum absolute atomic E-state index is 0.0595. The number of benzene rings is 1. The second-order valence-electron chi connectivity index (χ2n) is 4.65. The first-order valence-corrected chi connectivity index (χ1v) is 8.25. The van der Waals surface area contributed by atoms with E-state index < -0.39 is 15.8 Å². The van der Waals surface area contributed by atoms with Crippen LogP contribution in [0.3, 0.4) is 0 Å². The van der Waals surface area contributed by atoms with Gasteiger partial charge in [-0.2, -0.15) is 0 Å². The second kappa shape index (κ2) is 5.28. The number of carboxylic acid groups (broad SMARTS) is 1. The van der Waals surface area contributed by atoms with Crippen LogP contribution in [0.2, 0.25) is 0 Å². The molecule has 0 aliphatic rings. The lowest BCUT2D eigenvalue weighted by Crippen LogP contribution is -2.06. The molecule has 0 aliphatic carbocycles. The number of aromatic nitrogens is 1. The van der Waals surface area contributed by atoms with Gasteiger partial charge in [-0.1, -0.05) is 6.92 Å². The minimum atomic E-state index is -3.15. The molecule has 1 N–H and O–H groups in total. The summed E-state index contributed by atoms with van der Waals surface area (Å²) in [5.41, 5.74) is 1.69. The van der Waals surface area contributed by atoms with Crippen molar-refractivity contribution < 1.29 is 18.3 Å². The zero-order valence-electron chi connectivity index (χ0n) is 11.5. The fraction of sp³-hybridized carbons (Fsp3) is 0.357. The standard InChI is InChI=1S/C14H17NO4S/c1-3-15-8-11(9-20(18,19)4-2)12-7-10(14(16)17)5-6-13(12)15/h5-8H,3-4,9H2,1-2H3,(H,16,17). The number of aromatic carboxylic acids is 1. The van der Waals surface area contributed by atoms with Crippen LogP contribution in [0, 0.1) is 0 Å². The number of nitrogens with zero attached hydrogens (tertiary/aromatic N) is 1. The van der Waals surface area contributed by atoms with Crippen LogP contribution in [-0.2, 0) is 22.1 Å². The van der Waals surface area contributed by atoms with Gasteiger partial charge in [-0.15, -0.1) is 0 Å². The number of carbonyl (C=O) groups is 1. The number of hydrogen-bond acceptors (Lipinski definition) is 3. The first-order valence-electron chi connectivity index (χ1n) is 6.43. The van der Waals surface area contributed by atoms with Gasteiger partial charge >= 0.3 is 5.97 Å². The van der Waals surface area contributed by atoms with E-state index in [4.69, 9.17) is 5.11 Å². The van der Waals surface area contributed by atoms with Crippen LogP contribution in [0.15, 0.2) is 24.4 Å². The molecule has 0 atom stereocenters. The van der Waals surface area contributed by atoms with Crippen molar-refractivity contribution in [2.45, 2.75) is 26.1 Å². The van der Waals surface area contributed by atoms with Crippen molar-refractivity contribution in [3.8, 4) is 0 Å². The molecule has 1 aromatic heterocycles. The minimum Gasteiger partial charge on any atom is -0.478 e. The van der Waals surface area contributed by atoms with Crippen molar-refractivity contribution in [1.82, 2.24) is 4.57 Å². The van der Waals surface area contributed by atoms with E-state index in [1.807, 2.05) is 11.5 Å². The number of fused-ring (bicyclic) bond motifs is 1. The Morgan fingerprint density at radius 2 is 2.00 bits per heavy atom. The zero-order chi connectivity index (χ0) is 14.9. The van der Waals surface area contributed by atoms with E-state index in [-0.39, 0.29) is 17.1 Å². The van der Waals surface area contributed by atoms with Crippen molar-refractivity contribution in [1.29, 1.82) is 0 Å². The van der Waals surface area contributed by atoms with Crippen LogP contribution in [0.4, 0.5) is 0 Å². The summed E-state index contributed by atoms with van der Waals surface area (Å²) >= 11 is 0. The van der Waals surface area contributed by atoms with Gasteiger partial charge in [-0.3, -0.25) is 0 Å². The summed E-state index contributed by atoms with van der Waals surface area (Å²) in [7, 11) is -3.15. The van der Waals surface area contributed by atoms with Crippen molar-refractivity contribution >= 4 is 26.7 Å². The summed E-state index contributed by atoms with van der Waals surface area (Å²) in [5, 5.41) is 9.75. The van der Waals surface area contributed by atoms with E-state index in [0.717, 1.165) is 5.52 Å². The van der Waals surface area contributed by atoms with E-state index in [1.54, 1.807) is 25.3 Å². The second-order valence-corrected chi connectivity index (χ2v) is 7.01. The topological polar surface area (TPSA) is 76.4 Å². The molecule has 0 spiro atoms. The first-order chi connectivity index (χ1) is 9.38. The van der Waals surface area contributed by atoms with Gasteiger partial charge in [0.2, 0.25) is 0 Å². The number of carboxylic acids is 1. The summed E-state index contributed by atoms with van der Waals surface area (Å²) < 4.78 is 25.5. The molecule has 2 aromatic rings. The predicted molar refractivity (Wildman–Crippen MR) is 77.7 cm³/mol. The Bertz CT molecular complexity index is 759. The lowest BCUT2D eigenvalue weighted by atomic mass is 10.1. The van der Waals surface area contributed by atoms with E-state index in [2.05, 4.69) is 0 Å². The summed E-state index contributed by atoms with van der Waals surface area (Å²) in [6.45, 7) is 4.27. The van der Waals surface area contributed by atoms with Gasteiger partial charge in [-0.25, -0.2) is 13.2 Å². The Balaban J connectivity index is 2.64. The summed E-state index contributed by atoms with van der Waals surface area (Å²) in [6.07, 6.45) is 1.80. The highest BCUT2D eigenvalue weighted by atomic mass is 32.2. The Morgan fingerprint density at radius 3 is 2.55 bits per heavy atom. The van der Waals surface area contributed by atoms with Crippen LogP contribution in [-0.4, -0.2) is 29.8 Å². The fourth-order valence-electron chi connectivity index (χ4n) is 2.22. The van der Waals surface area contributed by atoms with Crippen molar-refractivity contribution in [2.24, 2.45) is 0 Å². The van der Waals surface area contributed by atoms with E-state index in [1.165, 1.54) is 6.07 Å². The molecule has 0 amide bonds. The largest absolute Gasteiger partial charge is 0.478 e. The van der Waals surface area contributed by atoms with Crippen LogP contribution < -0.4 is 0 Å². The third-order valence-corrected chi connectivity index (χ3v) is 5.00. The highest BCUT2D eigenvalue weighted by Gasteiger charge is 2.16. The molecular weight excluding hydrogens is 278 g/mol. The van der Waals surface area contributed by atoms with Gasteiger partial charge in [0.15, 0.2) is 9.84 Å². The maximum Gasteiger partial charge on any atom is 0.335 e. The SMILES string of the molecule is CCn1cc(CS(=O)(=O)CC)c2cc(C(=O)O)ccc21. The number of aryl methyl sites for hydroxylation is 1. The Morgan fingerprint density at radius 1 is 1.30 bits per heavy atom. The van der Waals surface area contributed by atoms with Gasteiger partial charge < -0.3 is 9.67 Å². The normalized spacial score (nSPS) is 11.9. The number of sulfone groups is 1. The molecule has 0 unspecified atom stereocenters. The van der Waals surface area contributed by atoms with Crippen LogP contribution in [0.1, 0.15) is 29.8 Å². The van der Waals surface area contributed by atoms with Crippen LogP contribution in [0.5, 0.6) is 0 Å². The molecule has 6 heteroatoms. The third kappa shape index (κ3) is 2.70. The molecule has 20 heavy (non-hydrogen) atoms. The summed E-state index contributed by atoms with van der Waals surface area (Å²) in [4.78, 5) is 11.0. The quantitative estimate of drug-likeness (QED) is 0.918. The molecule has 0 bridgehead atoms.